The van der Waals surface area contributed by atoms with E-state index in [2.05, 4.69) is 0 Å². The van der Waals surface area contributed by atoms with Crippen LogP contribution >= 0.6 is 11.6 Å². The number of alkyl halides is 1. The summed E-state index contributed by atoms with van der Waals surface area (Å²) in [5, 5.41) is 1.83. The van der Waals surface area contributed by atoms with Crippen LogP contribution in [0.5, 0.6) is 5.75 Å². The highest BCUT2D eigenvalue weighted by molar-refractivity contribution is 6.18. The Morgan fingerprint density at radius 1 is 1.54 bits per heavy atom. The monoisotopic (exact) mass is 200 g/mol. The van der Waals surface area contributed by atoms with Crippen LogP contribution in [0.2, 0.25) is 0 Å². The number of aryl methyl sites for hydroxylation is 1. The molecule has 4 heteroatoms. The number of nitrogens with one attached hydrogen (secondary N) is 1. The minimum Gasteiger partial charge on any atom is -0.486 e. The second-order valence-electron chi connectivity index (χ2n) is 2.64. The fraction of sp³-hybridized carbons (Fsp3) is 0.333. The van der Waals surface area contributed by atoms with Crippen LogP contribution in [-0.4, -0.2) is 12.5 Å². The molecule has 1 aromatic carbocycles. The van der Waals surface area contributed by atoms with Crippen molar-refractivity contribution in [3.05, 3.63) is 28.7 Å². The quantitative estimate of drug-likeness (QED) is 0.740. The molecule has 0 aliphatic carbocycles. The second kappa shape index (κ2) is 4.82. The molecule has 70 valence electrons. The Kier molecular flexibility index (Phi) is 3.71. The standard InChI is InChI=1S/C9H10ClNO2/c1-7-2-3-9(13-5-4-10)8(6-7)11-12/h2-3,6H,4-5H2,1H3/p+1. The lowest BCUT2D eigenvalue weighted by Gasteiger charge is -2.02. The van der Waals surface area contributed by atoms with E-state index in [1.165, 1.54) is 0 Å². The zero-order chi connectivity index (χ0) is 9.68. The van der Waals surface area contributed by atoms with Crippen LogP contribution in [0.25, 0.3) is 0 Å². The SMILES string of the molecule is Cc1ccc(OCCCl)c([NH+]=O)c1. The molecule has 0 aliphatic rings. The first-order valence-corrected chi connectivity index (χ1v) is 4.49. The van der Waals surface area contributed by atoms with Gasteiger partial charge in [0.15, 0.2) is 5.75 Å². The summed E-state index contributed by atoms with van der Waals surface area (Å²) >= 11 is 5.45. The lowest BCUT2D eigenvalue weighted by Crippen LogP contribution is -2.55. The van der Waals surface area contributed by atoms with E-state index in [1.807, 2.05) is 18.2 Å². The van der Waals surface area contributed by atoms with E-state index in [9.17, 15) is 4.91 Å². The Labute approximate surface area is 81.6 Å². The smallest absolute Gasteiger partial charge is 0.295 e. The van der Waals surface area contributed by atoms with Gasteiger partial charge >= 0.3 is 0 Å². The fourth-order valence-electron chi connectivity index (χ4n) is 0.998. The maximum atomic E-state index is 10.5. The van der Waals surface area contributed by atoms with Crippen molar-refractivity contribution in [1.82, 2.24) is 0 Å². The minimum absolute atomic E-state index is 0.402. The fourth-order valence-corrected chi connectivity index (χ4v) is 1.08. The summed E-state index contributed by atoms with van der Waals surface area (Å²) in [5.41, 5.74) is 1.46. The Morgan fingerprint density at radius 2 is 2.31 bits per heavy atom. The van der Waals surface area contributed by atoms with Crippen LogP contribution in [0, 0.1) is 11.8 Å². The first kappa shape index (κ1) is 9.99. The van der Waals surface area contributed by atoms with E-state index in [0.29, 0.717) is 23.9 Å². The molecule has 3 nitrogen and oxygen atoms in total. The molecule has 0 amide bonds. The van der Waals surface area contributed by atoms with E-state index >= 15 is 0 Å². The molecule has 0 saturated carbocycles. The van der Waals surface area contributed by atoms with Crippen LogP contribution in [0.1, 0.15) is 5.56 Å². The van der Waals surface area contributed by atoms with Crippen molar-refractivity contribution in [2.45, 2.75) is 6.92 Å². The van der Waals surface area contributed by atoms with Gasteiger partial charge < -0.3 is 4.74 Å². The molecule has 0 saturated heterocycles. The van der Waals surface area contributed by atoms with Crippen molar-refractivity contribution in [2.75, 3.05) is 12.5 Å². The van der Waals surface area contributed by atoms with Crippen molar-refractivity contribution in [2.24, 2.45) is 0 Å². The van der Waals surface area contributed by atoms with Gasteiger partial charge in [-0.15, -0.1) is 11.6 Å². The molecule has 0 aromatic heterocycles. The average Bonchev–Trinajstić information content (AvgIpc) is 2.16. The molecular weight excluding hydrogens is 190 g/mol. The van der Waals surface area contributed by atoms with E-state index in [-0.39, 0.29) is 0 Å². The summed E-state index contributed by atoms with van der Waals surface area (Å²) in [5.74, 6) is 0.952. The predicted octanol–water partition coefficient (Wildman–Crippen LogP) is 1.09. The zero-order valence-corrected chi connectivity index (χ0v) is 8.10. The third-order valence-electron chi connectivity index (χ3n) is 1.58. The highest BCUT2D eigenvalue weighted by atomic mass is 35.5. The van der Waals surface area contributed by atoms with Gasteiger partial charge in [0.05, 0.1) is 5.88 Å². The van der Waals surface area contributed by atoms with Crippen LogP contribution in [0.4, 0.5) is 5.69 Å². The molecule has 1 aromatic rings. The van der Waals surface area contributed by atoms with E-state index in [0.717, 1.165) is 5.56 Å². The van der Waals surface area contributed by atoms with E-state index in [1.54, 1.807) is 12.1 Å². The summed E-state index contributed by atoms with van der Waals surface area (Å²) in [4.78, 5) is 10.5. The summed E-state index contributed by atoms with van der Waals surface area (Å²) in [6.45, 7) is 2.31. The van der Waals surface area contributed by atoms with Gasteiger partial charge in [0.25, 0.3) is 5.69 Å². The molecule has 0 unspecified atom stereocenters. The maximum Gasteiger partial charge on any atom is 0.295 e. The first-order chi connectivity index (χ1) is 6.27. The second-order valence-corrected chi connectivity index (χ2v) is 3.02. The average molecular weight is 201 g/mol. The summed E-state index contributed by atoms with van der Waals surface area (Å²) in [6, 6.07) is 5.36. The number of hydrogen-bond donors (Lipinski definition) is 1. The number of halogens is 1. The Balaban J connectivity index is 2.86. The summed E-state index contributed by atoms with van der Waals surface area (Å²) in [7, 11) is 0. The molecule has 1 N–H and O–H groups in total. The lowest BCUT2D eigenvalue weighted by molar-refractivity contribution is -0.380. The highest BCUT2D eigenvalue weighted by Crippen LogP contribution is 2.20. The van der Waals surface area contributed by atoms with Crippen molar-refractivity contribution in [1.29, 1.82) is 0 Å². The van der Waals surface area contributed by atoms with Gasteiger partial charge in [-0.3, -0.25) is 0 Å². The molecule has 0 spiro atoms. The summed E-state index contributed by atoms with van der Waals surface area (Å²) < 4.78 is 5.24. The third-order valence-corrected chi connectivity index (χ3v) is 1.73. The van der Waals surface area contributed by atoms with Gasteiger partial charge in [0.1, 0.15) is 6.61 Å². The maximum absolute atomic E-state index is 10.5. The van der Waals surface area contributed by atoms with Gasteiger partial charge in [-0.05, 0) is 18.6 Å². The third kappa shape index (κ3) is 2.70. The molecule has 0 aliphatic heterocycles. The van der Waals surface area contributed by atoms with Gasteiger partial charge in [0.2, 0.25) is 0 Å². The van der Waals surface area contributed by atoms with Crippen LogP contribution in [-0.2, 0) is 0 Å². The predicted molar refractivity (Wildman–Crippen MR) is 51.4 cm³/mol. The van der Waals surface area contributed by atoms with E-state index in [4.69, 9.17) is 16.3 Å². The largest absolute Gasteiger partial charge is 0.486 e. The molecule has 0 bridgehead atoms. The molecule has 0 radical (unpaired) electrons. The van der Waals surface area contributed by atoms with Crippen LogP contribution < -0.4 is 9.91 Å². The van der Waals surface area contributed by atoms with Gasteiger partial charge in [-0.1, -0.05) is 6.07 Å². The number of ether oxygens (including phenoxy) is 1. The molecular formula is C9H11ClNO2+. The van der Waals surface area contributed by atoms with Crippen molar-refractivity contribution < 1.29 is 9.91 Å². The van der Waals surface area contributed by atoms with Gasteiger partial charge in [0, 0.05) is 16.2 Å². The van der Waals surface area contributed by atoms with Crippen molar-refractivity contribution >= 4 is 17.3 Å². The van der Waals surface area contributed by atoms with Crippen molar-refractivity contribution in [3.63, 3.8) is 0 Å². The molecule has 0 heterocycles. The van der Waals surface area contributed by atoms with Gasteiger partial charge in [-0.2, -0.15) is 0 Å². The van der Waals surface area contributed by atoms with Crippen LogP contribution in [0.3, 0.4) is 0 Å². The van der Waals surface area contributed by atoms with E-state index < -0.39 is 0 Å². The van der Waals surface area contributed by atoms with Gasteiger partial charge in [-0.25, -0.2) is 0 Å². The molecule has 0 fully saturated rings. The number of rotatable bonds is 4. The minimum atomic E-state index is 0.402. The molecule has 0 atom stereocenters. The summed E-state index contributed by atoms with van der Waals surface area (Å²) in [6.07, 6.45) is 0. The topological polar surface area (TPSA) is 40.3 Å². The number of hydrogen-bond acceptors (Lipinski definition) is 2. The molecule has 13 heavy (non-hydrogen) atoms. The Bertz CT molecular complexity index is 302. The van der Waals surface area contributed by atoms with Crippen LogP contribution in [0.15, 0.2) is 18.2 Å². The zero-order valence-electron chi connectivity index (χ0n) is 7.34. The number of benzene rings is 1. The van der Waals surface area contributed by atoms with Crippen molar-refractivity contribution in [3.8, 4) is 5.75 Å². The lowest BCUT2D eigenvalue weighted by atomic mass is 10.2. The Morgan fingerprint density at radius 3 is 2.92 bits per heavy atom. The normalized spacial score (nSPS) is 9.69. The highest BCUT2D eigenvalue weighted by Gasteiger charge is 2.09. The molecule has 1 rings (SSSR count). The first-order valence-electron chi connectivity index (χ1n) is 3.95. The number of nitroso groups, excluding NO2 is 1. The Hall–Kier alpha value is -1.09.